The second-order valence-corrected chi connectivity index (χ2v) is 8.90. The van der Waals surface area contributed by atoms with Gasteiger partial charge in [-0.25, -0.2) is 0 Å². The average molecular weight is 240 g/mol. The number of nitrogens with two attached hydrogens (primary N) is 1. The standard InChI is InChI=1S/C10H16N2O3Si/c1-16(2,3)15-10-6-9(12(13)14)5-4-8(10)7-11/h4-6H,7,11H2,1-3H3. The normalized spacial score (nSPS) is 11.2. The van der Waals surface area contributed by atoms with E-state index in [1.807, 2.05) is 19.6 Å². The number of nitro groups is 1. The Labute approximate surface area is 95.5 Å². The van der Waals surface area contributed by atoms with Crippen molar-refractivity contribution in [2.75, 3.05) is 0 Å². The molecule has 0 fully saturated rings. The summed E-state index contributed by atoms with van der Waals surface area (Å²) in [6.45, 7) is 6.38. The Hall–Kier alpha value is -1.40. The molecule has 1 aromatic carbocycles. The van der Waals surface area contributed by atoms with Gasteiger partial charge in [0.15, 0.2) is 0 Å². The van der Waals surface area contributed by atoms with Gasteiger partial charge in [-0.2, -0.15) is 0 Å². The van der Waals surface area contributed by atoms with Gasteiger partial charge in [-0.1, -0.05) is 0 Å². The SMILES string of the molecule is C[Si](C)(C)Oc1cc([N+](=O)[O-])ccc1CN. The van der Waals surface area contributed by atoms with Gasteiger partial charge in [-0.15, -0.1) is 0 Å². The third kappa shape index (κ3) is 3.32. The number of hydrogen-bond acceptors (Lipinski definition) is 4. The highest BCUT2D eigenvalue weighted by Crippen LogP contribution is 2.26. The Morgan fingerprint density at radius 3 is 2.50 bits per heavy atom. The lowest BCUT2D eigenvalue weighted by Crippen LogP contribution is -2.30. The molecule has 0 heterocycles. The van der Waals surface area contributed by atoms with Crippen molar-refractivity contribution < 1.29 is 9.35 Å². The predicted molar refractivity (Wildman–Crippen MR) is 65.0 cm³/mol. The van der Waals surface area contributed by atoms with E-state index in [1.54, 1.807) is 6.07 Å². The van der Waals surface area contributed by atoms with Gasteiger partial charge in [0.1, 0.15) is 5.75 Å². The van der Waals surface area contributed by atoms with E-state index in [2.05, 4.69) is 0 Å². The number of rotatable bonds is 4. The molecule has 0 aliphatic heterocycles. The topological polar surface area (TPSA) is 78.4 Å². The quantitative estimate of drug-likeness (QED) is 0.497. The van der Waals surface area contributed by atoms with E-state index in [9.17, 15) is 10.1 Å². The van der Waals surface area contributed by atoms with E-state index in [1.165, 1.54) is 12.1 Å². The van der Waals surface area contributed by atoms with Crippen molar-refractivity contribution in [2.45, 2.75) is 26.2 Å². The van der Waals surface area contributed by atoms with Gasteiger partial charge < -0.3 is 10.2 Å². The second kappa shape index (κ2) is 4.63. The minimum absolute atomic E-state index is 0.0328. The smallest absolute Gasteiger partial charge is 0.273 e. The molecular formula is C10H16N2O3Si. The number of benzene rings is 1. The van der Waals surface area contributed by atoms with Gasteiger partial charge in [0.05, 0.1) is 11.0 Å². The summed E-state index contributed by atoms with van der Waals surface area (Å²) < 4.78 is 5.77. The molecule has 0 atom stereocenters. The fourth-order valence-corrected chi connectivity index (χ4v) is 2.10. The van der Waals surface area contributed by atoms with Gasteiger partial charge in [0.2, 0.25) is 8.32 Å². The number of nitro benzene ring substituents is 1. The van der Waals surface area contributed by atoms with Gasteiger partial charge in [0.25, 0.3) is 5.69 Å². The molecule has 0 aliphatic carbocycles. The van der Waals surface area contributed by atoms with Crippen molar-refractivity contribution in [3.05, 3.63) is 33.9 Å². The molecular weight excluding hydrogens is 224 g/mol. The van der Waals surface area contributed by atoms with Crippen LogP contribution in [0.25, 0.3) is 0 Å². The molecule has 0 aromatic heterocycles. The molecule has 0 saturated heterocycles. The second-order valence-electron chi connectivity index (χ2n) is 4.47. The van der Waals surface area contributed by atoms with Crippen LogP contribution in [0.3, 0.4) is 0 Å². The fourth-order valence-electron chi connectivity index (χ4n) is 1.25. The Bertz CT molecular complexity index is 402. The summed E-state index contributed by atoms with van der Waals surface area (Å²) >= 11 is 0. The molecule has 0 saturated carbocycles. The van der Waals surface area contributed by atoms with Crippen LogP contribution in [0.2, 0.25) is 19.6 Å². The van der Waals surface area contributed by atoms with E-state index >= 15 is 0 Å². The molecule has 1 rings (SSSR count). The molecule has 0 aliphatic rings. The van der Waals surface area contributed by atoms with Gasteiger partial charge in [0, 0.05) is 18.2 Å². The Morgan fingerprint density at radius 2 is 2.06 bits per heavy atom. The molecule has 0 radical (unpaired) electrons. The van der Waals surface area contributed by atoms with Crippen molar-refractivity contribution in [3.63, 3.8) is 0 Å². The Balaban J connectivity index is 3.12. The van der Waals surface area contributed by atoms with Crippen molar-refractivity contribution in [2.24, 2.45) is 5.73 Å². The largest absolute Gasteiger partial charge is 0.544 e. The molecule has 0 bridgehead atoms. The number of hydrogen-bond donors (Lipinski definition) is 1. The zero-order chi connectivity index (χ0) is 12.3. The molecule has 6 heteroatoms. The van der Waals surface area contributed by atoms with E-state index in [4.69, 9.17) is 10.2 Å². The summed E-state index contributed by atoms with van der Waals surface area (Å²) in [6, 6.07) is 4.54. The number of nitrogens with zero attached hydrogens (tertiary/aromatic N) is 1. The highest BCUT2D eigenvalue weighted by atomic mass is 28.4. The minimum Gasteiger partial charge on any atom is -0.544 e. The Morgan fingerprint density at radius 1 is 1.44 bits per heavy atom. The maximum atomic E-state index is 10.6. The minimum atomic E-state index is -1.78. The van der Waals surface area contributed by atoms with Crippen molar-refractivity contribution >= 4 is 14.0 Å². The van der Waals surface area contributed by atoms with Crippen LogP contribution in [0.4, 0.5) is 5.69 Å². The van der Waals surface area contributed by atoms with Crippen LogP contribution >= 0.6 is 0 Å². The average Bonchev–Trinajstić information content (AvgIpc) is 2.15. The first-order valence-electron chi connectivity index (χ1n) is 5.00. The van der Waals surface area contributed by atoms with Crippen LogP contribution in [-0.2, 0) is 6.54 Å². The molecule has 2 N–H and O–H groups in total. The zero-order valence-corrected chi connectivity index (χ0v) is 10.7. The third-order valence-electron chi connectivity index (χ3n) is 1.90. The molecule has 88 valence electrons. The maximum Gasteiger partial charge on any atom is 0.273 e. The first-order chi connectivity index (χ1) is 7.33. The first-order valence-corrected chi connectivity index (χ1v) is 8.41. The summed E-state index contributed by atoms with van der Waals surface area (Å²) in [4.78, 5) is 10.2. The van der Waals surface area contributed by atoms with Gasteiger partial charge in [-0.3, -0.25) is 10.1 Å². The maximum absolute atomic E-state index is 10.6. The summed E-state index contributed by atoms with van der Waals surface area (Å²) in [6.07, 6.45) is 0. The van der Waals surface area contributed by atoms with Crippen molar-refractivity contribution in [1.82, 2.24) is 0 Å². The highest BCUT2D eigenvalue weighted by Gasteiger charge is 2.20. The monoisotopic (exact) mass is 240 g/mol. The summed E-state index contributed by atoms with van der Waals surface area (Å²) in [5, 5.41) is 10.6. The molecule has 5 nitrogen and oxygen atoms in total. The van der Waals surface area contributed by atoms with Gasteiger partial charge in [-0.05, 0) is 25.7 Å². The molecule has 16 heavy (non-hydrogen) atoms. The third-order valence-corrected chi connectivity index (χ3v) is 2.73. The number of non-ortho nitro benzene ring substituents is 1. The lowest BCUT2D eigenvalue weighted by Gasteiger charge is -2.21. The Kier molecular flexibility index (Phi) is 3.66. The molecule has 0 unspecified atom stereocenters. The zero-order valence-electron chi connectivity index (χ0n) is 9.69. The van der Waals surface area contributed by atoms with E-state index in [0.717, 1.165) is 5.56 Å². The summed E-state index contributed by atoms with van der Waals surface area (Å²) in [5.41, 5.74) is 6.39. The molecule has 1 aromatic rings. The summed E-state index contributed by atoms with van der Waals surface area (Å²) in [7, 11) is -1.78. The van der Waals surface area contributed by atoms with Crippen molar-refractivity contribution in [1.29, 1.82) is 0 Å². The van der Waals surface area contributed by atoms with Crippen molar-refractivity contribution in [3.8, 4) is 5.75 Å². The summed E-state index contributed by atoms with van der Waals surface area (Å²) in [5.74, 6) is 0.538. The van der Waals surface area contributed by atoms with Crippen LogP contribution in [0.5, 0.6) is 5.75 Å². The molecule has 0 amide bonds. The highest BCUT2D eigenvalue weighted by molar-refractivity contribution is 6.70. The van der Waals surface area contributed by atoms with Crippen LogP contribution in [0, 0.1) is 10.1 Å². The fraction of sp³-hybridized carbons (Fsp3) is 0.400. The van der Waals surface area contributed by atoms with Gasteiger partial charge >= 0.3 is 0 Å². The lowest BCUT2D eigenvalue weighted by atomic mass is 10.2. The van der Waals surface area contributed by atoms with Crippen LogP contribution < -0.4 is 10.2 Å². The van der Waals surface area contributed by atoms with Crippen LogP contribution in [0.1, 0.15) is 5.56 Å². The first kappa shape index (κ1) is 12.7. The van der Waals surface area contributed by atoms with Crippen LogP contribution in [-0.4, -0.2) is 13.2 Å². The van der Waals surface area contributed by atoms with Crippen LogP contribution in [0.15, 0.2) is 18.2 Å². The lowest BCUT2D eigenvalue weighted by molar-refractivity contribution is -0.384. The van der Waals surface area contributed by atoms with E-state index in [0.29, 0.717) is 12.3 Å². The van der Waals surface area contributed by atoms with E-state index in [-0.39, 0.29) is 5.69 Å². The predicted octanol–water partition coefficient (Wildman–Crippen LogP) is 2.27. The van der Waals surface area contributed by atoms with E-state index < -0.39 is 13.2 Å². The molecule has 0 spiro atoms.